The lowest BCUT2D eigenvalue weighted by molar-refractivity contribution is 0.0728. The number of nitrogens with zero attached hydrogens (tertiary/aromatic N) is 1. The van der Waals surface area contributed by atoms with E-state index in [1.165, 1.54) is 38.3 Å². The van der Waals surface area contributed by atoms with Gasteiger partial charge < -0.3 is 4.74 Å². The number of likely N-dealkylation sites (tertiary alicyclic amines) is 1. The number of piperidine rings is 1. The van der Waals surface area contributed by atoms with Crippen LogP contribution in [0.25, 0.3) is 0 Å². The van der Waals surface area contributed by atoms with E-state index in [-0.39, 0.29) is 5.82 Å². The van der Waals surface area contributed by atoms with Gasteiger partial charge in [0.1, 0.15) is 6.61 Å². The van der Waals surface area contributed by atoms with Gasteiger partial charge in [-0.05, 0) is 55.7 Å². The minimum absolute atomic E-state index is 0.269. The maximum atomic E-state index is 13.5. The molecule has 0 N–H and O–H groups in total. The lowest BCUT2D eigenvalue weighted by Gasteiger charge is -2.41. The van der Waals surface area contributed by atoms with Gasteiger partial charge in [-0.3, -0.25) is 4.90 Å². The Hall–Kier alpha value is -1.09. The summed E-state index contributed by atoms with van der Waals surface area (Å²) in [6.45, 7) is 6.24. The number of rotatable bonds is 5. The van der Waals surface area contributed by atoms with Crippen LogP contribution in [0.2, 0.25) is 0 Å². The van der Waals surface area contributed by atoms with Crippen LogP contribution < -0.4 is 4.74 Å². The van der Waals surface area contributed by atoms with Crippen LogP contribution in [0.5, 0.6) is 5.75 Å². The Morgan fingerprint density at radius 2 is 2.15 bits per heavy atom. The lowest BCUT2D eigenvalue weighted by atomic mass is 9.77. The van der Waals surface area contributed by atoms with Crippen LogP contribution >= 0.6 is 0 Å². The van der Waals surface area contributed by atoms with Gasteiger partial charge in [0, 0.05) is 13.1 Å². The summed E-state index contributed by atoms with van der Waals surface area (Å²) in [5.41, 5.74) is 0.510. The van der Waals surface area contributed by atoms with E-state index >= 15 is 0 Å². The van der Waals surface area contributed by atoms with E-state index in [0.717, 1.165) is 19.0 Å². The molecule has 0 spiro atoms. The molecule has 1 aliphatic carbocycles. The molecule has 1 saturated heterocycles. The van der Waals surface area contributed by atoms with Gasteiger partial charge in [-0.1, -0.05) is 19.1 Å². The smallest absolute Gasteiger partial charge is 0.165 e. The minimum atomic E-state index is -0.269. The fraction of sp³-hybridized carbons (Fsp3) is 0.647. The topological polar surface area (TPSA) is 12.5 Å². The third kappa shape index (κ3) is 3.14. The molecular weight excluding hydrogens is 253 g/mol. The van der Waals surface area contributed by atoms with E-state index in [2.05, 4.69) is 11.8 Å². The highest BCUT2D eigenvalue weighted by molar-refractivity contribution is 5.23. The summed E-state index contributed by atoms with van der Waals surface area (Å²) in [6, 6.07) is 6.64. The molecule has 3 rings (SSSR count). The van der Waals surface area contributed by atoms with E-state index < -0.39 is 0 Å². The number of para-hydroxylation sites is 1. The Morgan fingerprint density at radius 3 is 2.90 bits per heavy atom. The lowest BCUT2D eigenvalue weighted by Crippen LogP contribution is -2.44. The zero-order chi connectivity index (χ0) is 14.0. The predicted octanol–water partition coefficient (Wildman–Crippen LogP) is 3.72. The van der Waals surface area contributed by atoms with Crippen molar-refractivity contribution in [2.24, 2.45) is 11.3 Å². The second-order valence-electron chi connectivity index (χ2n) is 6.59. The Labute approximate surface area is 120 Å². The van der Waals surface area contributed by atoms with Crippen molar-refractivity contribution in [1.82, 2.24) is 4.90 Å². The molecule has 1 saturated carbocycles. The number of hydrogen-bond donors (Lipinski definition) is 0. The maximum absolute atomic E-state index is 13.5. The van der Waals surface area contributed by atoms with Gasteiger partial charge >= 0.3 is 0 Å². The van der Waals surface area contributed by atoms with Gasteiger partial charge in [0.15, 0.2) is 11.6 Å². The molecule has 1 heterocycles. The van der Waals surface area contributed by atoms with Gasteiger partial charge in [0.05, 0.1) is 0 Å². The second kappa shape index (κ2) is 5.72. The third-order valence-corrected chi connectivity index (χ3v) is 4.87. The molecule has 3 heteroatoms. The zero-order valence-electron chi connectivity index (χ0n) is 12.3. The van der Waals surface area contributed by atoms with E-state index in [4.69, 9.17) is 4.74 Å². The summed E-state index contributed by atoms with van der Waals surface area (Å²) in [4.78, 5) is 2.49. The molecule has 0 bridgehead atoms. The van der Waals surface area contributed by atoms with E-state index in [0.29, 0.717) is 17.8 Å². The molecule has 110 valence electrons. The first kappa shape index (κ1) is 13.9. The van der Waals surface area contributed by atoms with E-state index in [1.807, 2.05) is 6.07 Å². The summed E-state index contributed by atoms with van der Waals surface area (Å²) < 4.78 is 19.0. The normalized spacial score (nSPS) is 27.5. The molecule has 20 heavy (non-hydrogen) atoms. The quantitative estimate of drug-likeness (QED) is 0.813. The second-order valence-corrected chi connectivity index (χ2v) is 6.59. The first-order chi connectivity index (χ1) is 9.67. The Balaban J connectivity index is 1.47. The van der Waals surface area contributed by atoms with Gasteiger partial charge in [0.25, 0.3) is 0 Å². The fourth-order valence-electron chi connectivity index (χ4n) is 3.53. The Bertz CT molecular complexity index is 460. The number of hydrogen-bond acceptors (Lipinski definition) is 2. The molecule has 1 unspecified atom stereocenters. The first-order valence-electron chi connectivity index (χ1n) is 7.77. The van der Waals surface area contributed by atoms with Crippen molar-refractivity contribution in [3.63, 3.8) is 0 Å². The summed E-state index contributed by atoms with van der Waals surface area (Å²) in [5.74, 6) is 1.04. The van der Waals surface area contributed by atoms with Crippen molar-refractivity contribution in [3.05, 3.63) is 30.1 Å². The maximum Gasteiger partial charge on any atom is 0.165 e. The monoisotopic (exact) mass is 277 g/mol. The summed E-state index contributed by atoms with van der Waals surface area (Å²) in [6.07, 6.45) is 5.47. The molecule has 1 aromatic rings. The van der Waals surface area contributed by atoms with Crippen molar-refractivity contribution >= 4 is 0 Å². The standard InChI is InChI=1S/C17H24FNO/c1-17(14-7-8-14)9-4-10-19(13-17)11-12-20-16-6-3-2-5-15(16)18/h2-3,5-6,14H,4,7-13H2,1H3. The number of ether oxygens (including phenoxy) is 1. The highest BCUT2D eigenvalue weighted by atomic mass is 19.1. The molecule has 1 aromatic carbocycles. The van der Waals surface area contributed by atoms with Crippen molar-refractivity contribution < 1.29 is 9.13 Å². The molecule has 0 radical (unpaired) electrons. The molecule has 1 atom stereocenters. The van der Waals surface area contributed by atoms with Crippen molar-refractivity contribution in [2.75, 3.05) is 26.2 Å². The number of benzene rings is 1. The van der Waals surface area contributed by atoms with Crippen LogP contribution in [-0.2, 0) is 0 Å². The SMILES string of the molecule is CC1(C2CC2)CCCN(CCOc2ccccc2F)C1. The van der Waals surface area contributed by atoms with Crippen LogP contribution in [0.4, 0.5) is 4.39 Å². The average molecular weight is 277 g/mol. The fourth-order valence-corrected chi connectivity index (χ4v) is 3.53. The summed E-state index contributed by atoms with van der Waals surface area (Å²) >= 11 is 0. The Morgan fingerprint density at radius 1 is 1.35 bits per heavy atom. The average Bonchev–Trinajstić information content (AvgIpc) is 3.26. The molecule has 0 amide bonds. The van der Waals surface area contributed by atoms with Crippen LogP contribution in [0.3, 0.4) is 0 Å². The third-order valence-electron chi connectivity index (χ3n) is 4.87. The van der Waals surface area contributed by atoms with Crippen LogP contribution in [0.1, 0.15) is 32.6 Å². The van der Waals surface area contributed by atoms with Crippen LogP contribution in [0, 0.1) is 17.2 Å². The predicted molar refractivity (Wildman–Crippen MR) is 78.4 cm³/mol. The molecule has 2 nitrogen and oxygen atoms in total. The van der Waals surface area contributed by atoms with Crippen molar-refractivity contribution in [3.8, 4) is 5.75 Å². The van der Waals surface area contributed by atoms with Crippen molar-refractivity contribution in [2.45, 2.75) is 32.6 Å². The van der Waals surface area contributed by atoms with Gasteiger partial charge in [-0.2, -0.15) is 0 Å². The molecule has 2 aliphatic rings. The molecular formula is C17H24FNO. The summed E-state index contributed by atoms with van der Waals surface area (Å²) in [5, 5.41) is 0. The van der Waals surface area contributed by atoms with Crippen LogP contribution in [0.15, 0.2) is 24.3 Å². The van der Waals surface area contributed by atoms with Crippen molar-refractivity contribution in [1.29, 1.82) is 0 Å². The van der Waals surface area contributed by atoms with E-state index in [9.17, 15) is 4.39 Å². The minimum Gasteiger partial charge on any atom is -0.489 e. The Kier molecular flexibility index (Phi) is 3.97. The van der Waals surface area contributed by atoms with E-state index in [1.54, 1.807) is 12.1 Å². The number of halogens is 1. The largest absolute Gasteiger partial charge is 0.489 e. The molecule has 0 aromatic heterocycles. The first-order valence-corrected chi connectivity index (χ1v) is 7.77. The highest BCUT2D eigenvalue weighted by Crippen LogP contribution is 2.49. The van der Waals surface area contributed by atoms with Gasteiger partial charge in [-0.25, -0.2) is 4.39 Å². The van der Waals surface area contributed by atoms with Crippen LogP contribution in [-0.4, -0.2) is 31.1 Å². The summed E-state index contributed by atoms with van der Waals surface area (Å²) in [7, 11) is 0. The van der Waals surface area contributed by atoms with Gasteiger partial charge in [0.2, 0.25) is 0 Å². The van der Waals surface area contributed by atoms with Gasteiger partial charge in [-0.15, -0.1) is 0 Å². The molecule has 2 fully saturated rings. The molecule has 1 aliphatic heterocycles. The zero-order valence-corrected chi connectivity index (χ0v) is 12.3. The highest BCUT2D eigenvalue weighted by Gasteiger charge is 2.43.